The second-order valence-electron chi connectivity index (χ2n) is 6.27. The highest BCUT2D eigenvalue weighted by Gasteiger charge is 2.53. The van der Waals surface area contributed by atoms with E-state index in [-0.39, 0.29) is 23.2 Å². The third-order valence-electron chi connectivity index (χ3n) is 4.89. The minimum absolute atomic E-state index is 0.0455. The summed E-state index contributed by atoms with van der Waals surface area (Å²) in [5.74, 6) is 0.0793. The number of nitrogens with zero attached hydrogens (tertiary/aromatic N) is 1. The normalized spacial score (nSPS) is 20.5. The van der Waals surface area contributed by atoms with E-state index in [1.807, 2.05) is 30.0 Å². The summed E-state index contributed by atoms with van der Waals surface area (Å²) in [4.78, 5) is 26.6. The molecule has 1 aliphatic heterocycles. The largest absolute Gasteiger partial charge is 0.466 e. The van der Waals surface area contributed by atoms with Crippen molar-refractivity contribution >= 4 is 11.9 Å². The zero-order valence-electron chi connectivity index (χ0n) is 13.1. The maximum Gasteiger partial charge on any atom is 0.309 e. The van der Waals surface area contributed by atoms with Crippen LogP contribution in [-0.2, 0) is 19.7 Å². The van der Waals surface area contributed by atoms with Gasteiger partial charge in [0.1, 0.15) is 0 Å². The first-order valence-electron chi connectivity index (χ1n) is 8.19. The van der Waals surface area contributed by atoms with Gasteiger partial charge in [-0.15, -0.1) is 0 Å². The Kier molecular flexibility index (Phi) is 4.19. The molecule has 0 spiro atoms. The van der Waals surface area contributed by atoms with E-state index in [9.17, 15) is 9.59 Å². The highest BCUT2D eigenvalue weighted by molar-refractivity contribution is 5.91. The van der Waals surface area contributed by atoms with Gasteiger partial charge in [0.25, 0.3) is 0 Å². The van der Waals surface area contributed by atoms with Gasteiger partial charge in [-0.2, -0.15) is 0 Å². The van der Waals surface area contributed by atoms with Gasteiger partial charge in [0.05, 0.1) is 17.9 Å². The van der Waals surface area contributed by atoms with Crippen LogP contribution in [0.1, 0.15) is 38.2 Å². The third-order valence-corrected chi connectivity index (χ3v) is 4.89. The van der Waals surface area contributed by atoms with Gasteiger partial charge in [0.2, 0.25) is 5.91 Å². The standard InChI is InChI=1S/C18H23NO3/c1-2-22-16(20)14-8-12-19(13-9-14)17(21)18(10-11-18)15-6-4-3-5-7-15/h3-7,14H,2,8-13H2,1H3. The Labute approximate surface area is 131 Å². The highest BCUT2D eigenvalue weighted by atomic mass is 16.5. The second-order valence-corrected chi connectivity index (χ2v) is 6.27. The lowest BCUT2D eigenvalue weighted by molar-refractivity contribution is -0.151. The fourth-order valence-corrected chi connectivity index (χ4v) is 3.39. The number of carbonyl (C=O) groups is 2. The van der Waals surface area contributed by atoms with Gasteiger partial charge in [-0.1, -0.05) is 30.3 Å². The second kappa shape index (κ2) is 6.11. The molecule has 3 rings (SSSR count). The molecule has 0 N–H and O–H groups in total. The summed E-state index contributed by atoms with van der Waals surface area (Å²) in [6.07, 6.45) is 3.31. The van der Waals surface area contributed by atoms with E-state index >= 15 is 0 Å². The number of carbonyl (C=O) groups excluding carboxylic acids is 2. The lowest BCUT2D eigenvalue weighted by Gasteiger charge is -2.33. The number of amides is 1. The van der Waals surface area contributed by atoms with Crippen molar-refractivity contribution in [2.75, 3.05) is 19.7 Å². The van der Waals surface area contributed by atoms with Crippen LogP contribution >= 0.6 is 0 Å². The molecule has 1 aromatic carbocycles. The topological polar surface area (TPSA) is 46.6 Å². The van der Waals surface area contributed by atoms with E-state index < -0.39 is 0 Å². The first kappa shape index (κ1) is 15.1. The number of rotatable bonds is 4. The van der Waals surface area contributed by atoms with Gasteiger partial charge in [0.15, 0.2) is 0 Å². The van der Waals surface area contributed by atoms with Crippen LogP contribution in [0.3, 0.4) is 0 Å². The molecule has 2 aliphatic rings. The summed E-state index contributed by atoms with van der Waals surface area (Å²) in [7, 11) is 0. The first-order chi connectivity index (χ1) is 10.7. The SMILES string of the molecule is CCOC(=O)C1CCN(C(=O)C2(c3ccccc3)CC2)CC1. The van der Waals surface area contributed by atoms with Gasteiger partial charge in [-0.25, -0.2) is 0 Å². The predicted molar refractivity (Wildman–Crippen MR) is 83.3 cm³/mol. The van der Waals surface area contributed by atoms with Crippen molar-refractivity contribution in [1.82, 2.24) is 4.90 Å². The number of hydrogen-bond donors (Lipinski definition) is 0. The van der Waals surface area contributed by atoms with E-state index in [0.717, 1.165) is 31.2 Å². The van der Waals surface area contributed by atoms with Gasteiger partial charge in [-0.05, 0) is 38.2 Å². The summed E-state index contributed by atoms with van der Waals surface area (Å²) in [5.41, 5.74) is 0.838. The lowest BCUT2D eigenvalue weighted by Crippen LogP contribution is -2.45. The molecule has 0 aromatic heterocycles. The van der Waals surface area contributed by atoms with Crippen LogP contribution in [0.5, 0.6) is 0 Å². The number of likely N-dealkylation sites (tertiary alicyclic amines) is 1. The van der Waals surface area contributed by atoms with Crippen LogP contribution < -0.4 is 0 Å². The molecule has 4 nitrogen and oxygen atoms in total. The Balaban J connectivity index is 1.62. The van der Waals surface area contributed by atoms with E-state index in [1.54, 1.807) is 0 Å². The molecule has 0 unspecified atom stereocenters. The zero-order valence-corrected chi connectivity index (χ0v) is 13.1. The summed E-state index contributed by atoms with van der Waals surface area (Å²) in [6, 6.07) is 10.1. The van der Waals surface area contributed by atoms with Gasteiger partial charge in [0, 0.05) is 13.1 Å². The van der Waals surface area contributed by atoms with Gasteiger partial charge in [-0.3, -0.25) is 9.59 Å². The molecule has 0 atom stereocenters. The highest BCUT2D eigenvalue weighted by Crippen LogP contribution is 2.49. The number of hydrogen-bond acceptors (Lipinski definition) is 3. The van der Waals surface area contributed by atoms with Crippen LogP contribution in [0.4, 0.5) is 0 Å². The van der Waals surface area contributed by atoms with Crippen LogP contribution in [0.2, 0.25) is 0 Å². The molecule has 1 amide bonds. The lowest BCUT2D eigenvalue weighted by atomic mass is 9.91. The van der Waals surface area contributed by atoms with Gasteiger partial charge < -0.3 is 9.64 Å². The maximum absolute atomic E-state index is 12.9. The molecular weight excluding hydrogens is 278 g/mol. The average molecular weight is 301 g/mol. The van der Waals surface area contributed by atoms with Crippen LogP contribution in [-0.4, -0.2) is 36.5 Å². The summed E-state index contributed by atoms with van der Waals surface area (Å²) < 4.78 is 5.08. The zero-order chi connectivity index (χ0) is 15.6. The first-order valence-corrected chi connectivity index (χ1v) is 8.19. The Hall–Kier alpha value is -1.84. The van der Waals surface area contributed by atoms with Crippen molar-refractivity contribution in [2.45, 2.75) is 38.0 Å². The average Bonchev–Trinajstić information content (AvgIpc) is 3.37. The monoisotopic (exact) mass is 301 g/mol. The fourth-order valence-electron chi connectivity index (χ4n) is 3.39. The minimum atomic E-state index is -0.294. The summed E-state index contributed by atoms with van der Waals surface area (Å²) >= 11 is 0. The maximum atomic E-state index is 12.9. The summed E-state index contributed by atoms with van der Waals surface area (Å²) in [6.45, 7) is 3.58. The molecule has 1 saturated carbocycles. The van der Waals surface area contributed by atoms with Crippen molar-refractivity contribution in [3.63, 3.8) is 0 Å². The Morgan fingerprint density at radius 3 is 2.36 bits per heavy atom. The Bertz CT molecular complexity index is 543. The smallest absolute Gasteiger partial charge is 0.309 e. The molecule has 1 aromatic rings. The Morgan fingerprint density at radius 1 is 1.18 bits per heavy atom. The van der Waals surface area contributed by atoms with Crippen molar-refractivity contribution in [1.29, 1.82) is 0 Å². The molecule has 0 bridgehead atoms. The fraction of sp³-hybridized carbons (Fsp3) is 0.556. The van der Waals surface area contributed by atoms with Crippen LogP contribution in [0.15, 0.2) is 30.3 Å². The van der Waals surface area contributed by atoms with Gasteiger partial charge >= 0.3 is 5.97 Å². The van der Waals surface area contributed by atoms with E-state index in [4.69, 9.17) is 4.74 Å². The molecule has 1 aliphatic carbocycles. The minimum Gasteiger partial charge on any atom is -0.466 e. The van der Waals surface area contributed by atoms with E-state index in [0.29, 0.717) is 19.7 Å². The molecular formula is C18H23NO3. The third kappa shape index (κ3) is 2.74. The van der Waals surface area contributed by atoms with Crippen molar-refractivity contribution < 1.29 is 14.3 Å². The quantitative estimate of drug-likeness (QED) is 0.803. The summed E-state index contributed by atoms with van der Waals surface area (Å²) in [5, 5.41) is 0. The Morgan fingerprint density at radius 2 is 1.82 bits per heavy atom. The number of benzene rings is 1. The van der Waals surface area contributed by atoms with Crippen LogP contribution in [0.25, 0.3) is 0 Å². The molecule has 4 heteroatoms. The van der Waals surface area contributed by atoms with Crippen molar-refractivity contribution in [2.24, 2.45) is 5.92 Å². The van der Waals surface area contributed by atoms with E-state index in [2.05, 4.69) is 12.1 Å². The number of ether oxygens (including phenoxy) is 1. The van der Waals surface area contributed by atoms with Crippen LogP contribution in [0, 0.1) is 5.92 Å². The molecule has 22 heavy (non-hydrogen) atoms. The van der Waals surface area contributed by atoms with Crippen molar-refractivity contribution in [3.8, 4) is 0 Å². The molecule has 1 saturated heterocycles. The molecule has 118 valence electrons. The molecule has 0 radical (unpaired) electrons. The molecule has 2 fully saturated rings. The number of esters is 1. The van der Waals surface area contributed by atoms with Crippen molar-refractivity contribution in [3.05, 3.63) is 35.9 Å². The molecule has 1 heterocycles. The predicted octanol–water partition coefficient (Wildman–Crippen LogP) is 2.52. The van der Waals surface area contributed by atoms with E-state index in [1.165, 1.54) is 0 Å². The number of piperidine rings is 1.